The molecule has 0 unspecified atom stereocenters. The quantitative estimate of drug-likeness (QED) is 0.871. The first-order valence-corrected chi connectivity index (χ1v) is 7.03. The third-order valence-electron chi connectivity index (χ3n) is 2.87. The van der Waals surface area contributed by atoms with Crippen molar-refractivity contribution in [2.24, 2.45) is 7.05 Å². The third-order valence-corrected chi connectivity index (χ3v) is 3.77. The minimum Gasteiger partial charge on any atom is -0.478 e. The largest absolute Gasteiger partial charge is 0.478 e. The lowest BCUT2D eigenvalue weighted by Crippen LogP contribution is -2.01. The van der Waals surface area contributed by atoms with E-state index in [1.54, 1.807) is 30.4 Å². The molecule has 0 saturated heterocycles. The van der Waals surface area contributed by atoms with Crippen LogP contribution in [0.5, 0.6) is 0 Å². The van der Waals surface area contributed by atoms with Gasteiger partial charge >= 0.3 is 5.97 Å². The van der Waals surface area contributed by atoms with E-state index in [1.807, 2.05) is 24.3 Å². The molecule has 1 heterocycles. The number of hydrogen-bond acceptors (Lipinski definition) is 3. The number of carboxylic acid groups (broad SMARTS) is 1. The molecular formula is C14H16N2O2S. The first kappa shape index (κ1) is 13.7. The highest BCUT2D eigenvalue weighted by atomic mass is 32.2. The van der Waals surface area contributed by atoms with Gasteiger partial charge in [0.05, 0.1) is 11.4 Å². The molecule has 1 N–H and O–H groups in total. The van der Waals surface area contributed by atoms with Gasteiger partial charge in [0, 0.05) is 17.5 Å². The van der Waals surface area contributed by atoms with E-state index in [0.717, 1.165) is 11.3 Å². The summed E-state index contributed by atoms with van der Waals surface area (Å²) in [6, 6.07) is 7.91. The SMILES string of the molecule is CCSc1ccc(-c2c(C(=O)O)c(C)nn2C)cc1. The van der Waals surface area contributed by atoms with E-state index in [2.05, 4.69) is 12.0 Å². The molecule has 4 nitrogen and oxygen atoms in total. The topological polar surface area (TPSA) is 55.1 Å². The zero-order chi connectivity index (χ0) is 14.0. The van der Waals surface area contributed by atoms with Crippen molar-refractivity contribution in [2.75, 3.05) is 5.75 Å². The Morgan fingerprint density at radius 1 is 1.37 bits per heavy atom. The van der Waals surface area contributed by atoms with E-state index < -0.39 is 5.97 Å². The molecule has 0 spiro atoms. The van der Waals surface area contributed by atoms with Crippen LogP contribution < -0.4 is 0 Å². The normalized spacial score (nSPS) is 10.7. The van der Waals surface area contributed by atoms with E-state index in [9.17, 15) is 9.90 Å². The van der Waals surface area contributed by atoms with E-state index >= 15 is 0 Å². The molecule has 0 radical (unpaired) electrons. The van der Waals surface area contributed by atoms with Crippen molar-refractivity contribution in [1.29, 1.82) is 0 Å². The first-order valence-electron chi connectivity index (χ1n) is 6.04. The molecule has 0 aliphatic carbocycles. The maximum atomic E-state index is 11.3. The molecule has 0 fully saturated rings. The van der Waals surface area contributed by atoms with Crippen LogP contribution in [-0.2, 0) is 7.05 Å². The number of benzene rings is 1. The number of thioether (sulfide) groups is 1. The fourth-order valence-corrected chi connectivity index (χ4v) is 2.78. The number of carboxylic acids is 1. The maximum Gasteiger partial charge on any atom is 0.339 e. The van der Waals surface area contributed by atoms with Crippen molar-refractivity contribution in [3.8, 4) is 11.3 Å². The maximum absolute atomic E-state index is 11.3. The fraction of sp³-hybridized carbons (Fsp3) is 0.286. The summed E-state index contributed by atoms with van der Waals surface area (Å²) >= 11 is 1.76. The molecule has 100 valence electrons. The highest BCUT2D eigenvalue weighted by Crippen LogP contribution is 2.28. The van der Waals surface area contributed by atoms with E-state index in [1.165, 1.54) is 4.90 Å². The van der Waals surface area contributed by atoms with E-state index in [-0.39, 0.29) is 5.56 Å². The van der Waals surface area contributed by atoms with Gasteiger partial charge in [0.15, 0.2) is 0 Å². The summed E-state index contributed by atoms with van der Waals surface area (Å²) in [5, 5.41) is 13.5. The van der Waals surface area contributed by atoms with Crippen LogP contribution in [0, 0.1) is 6.92 Å². The smallest absolute Gasteiger partial charge is 0.339 e. The van der Waals surface area contributed by atoms with Crippen LogP contribution in [0.25, 0.3) is 11.3 Å². The van der Waals surface area contributed by atoms with Crippen molar-refractivity contribution in [1.82, 2.24) is 9.78 Å². The molecule has 0 amide bonds. The van der Waals surface area contributed by atoms with Crippen molar-refractivity contribution in [3.05, 3.63) is 35.5 Å². The first-order chi connectivity index (χ1) is 9.04. The van der Waals surface area contributed by atoms with Crippen molar-refractivity contribution in [3.63, 3.8) is 0 Å². The number of hydrogen-bond donors (Lipinski definition) is 1. The number of nitrogens with zero attached hydrogens (tertiary/aromatic N) is 2. The molecule has 5 heteroatoms. The van der Waals surface area contributed by atoms with Gasteiger partial charge in [-0.15, -0.1) is 11.8 Å². The summed E-state index contributed by atoms with van der Waals surface area (Å²) in [5.41, 5.74) is 2.34. The van der Waals surface area contributed by atoms with Gasteiger partial charge in [-0.3, -0.25) is 4.68 Å². The minimum absolute atomic E-state index is 0.276. The zero-order valence-electron chi connectivity index (χ0n) is 11.2. The van der Waals surface area contributed by atoms with Gasteiger partial charge < -0.3 is 5.11 Å². The van der Waals surface area contributed by atoms with Gasteiger partial charge in [-0.1, -0.05) is 19.1 Å². The molecule has 2 rings (SSSR count). The molecule has 0 bridgehead atoms. The number of aromatic nitrogens is 2. The second kappa shape index (κ2) is 5.48. The van der Waals surface area contributed by atoms with Crippen molar-refractivity contribution in [2.45, 2.75) is 18.7 Å². The number of aryl methyl sites for hydroxylation is 2. The molecular weight excluding hydrogens is 260 g/mol. The summed E-state index contributed by atoms with van der Waals surface area (Å²) in [4.78, 5) is 12.5. The Labute approximate surface area is 116 Å². The highest BCUT2D eigenvalue weighted by molar-refractivity contribution is 7.99. The summed E-state index contributed by atoms with van der Waals surface area (Å²) in [7, 11) is 1.77. The number of aromatic carboxylic acids is 1. The van der Waals surface area contributed by atoms with Gasteiger partial charge in [-0.2, -0.15) is 5.10 Å². The van der Waals surface area contributed by atoms with Crippen molar-refractivity contribution >= 4 is 17.7 Å². The van der Waals surface area contributed by atoms with Gasteiger partial charge in [-0.25, -0.2) is 4.79 Å². The zero-order valence-corrected chi connectivity index (χ0v) is 12.0. The molecule has 0 aliphatic rings. The van der Waals surface area contributed by atoms with Crippen LogP contribution >= 0.6 is 11.8 Å². The summed E-state index contributed by atoms with van der Waals surface area (Å²) in [6.07, 6.45) is 0. The minimum atomic E-state index is -0.937. The lowest BCUT2D eigenvalue weighted by atomic mass is 10.1. The molecule has 19 heavy (non-hydrogen) atoms. The lowest BCUT2D eigenvalue weighted by molar-refractivity contribution is 0.0697. The Morgan fingerprint density at radius 2 is 2.00 bits per heavy atom. The Morgan fingerprint density at radius 3 is 2.53 bits per heavy atom. The molecule has 0 atom stereocenters. The van der Waals surface area contributed by atoms with Crippen LogP contribution in [0.3, 0.4) is 0 Å². The average Bonchev–Trinajstić information content (AvgIpc) is 2.66. The Balaban J connectivity index is 2.49. The molecule has 0 aliphatic heterocycles. The van der Waals surface area contributed by atoms with Gasteiger partial charge in [0.1, 0.15) is 5.56 Å². The number of rotatable bonds is 4. The monoisotopic (exact) mass is 276 g/mol. The van der Waals surface area contributed by atoms with E-state index in [4.69, 9.17) is 0 Å². The molecule has 0 saturated carbocycles. The second-order valence-corrected chi connectivity index (χ2v) is 5.53. The van der Waals surface area contributed by atoms with Crippen LogP contribution in [-0.4, -0.2) is 26.6 Å². The predicted molar refractivity (Wildman–Crippen MR) is 76.7 cm³/mol. The third kappa shape index (κ3) is 2.66. The molecule has 2 aromatic rings. The second-order valence-electron chi connectivity index (χ2n) is 4.20. The van der Waals surface area contributed by atoms with E-state index in [0.29, 0.717) is 11.4 Å². The molecule has 1 aromatic carbocycles. The summed E-state index contributed by atoms with van der Waals surface area (Å²) in [6.45, 7) is 3.82. The van der Waals surface area contributed by atoms with Crippen LogP contribution in [0.1, 0.15) is 23.0 Å². The van der Waals surface area contributed by atoms with Gasteiger partial charge in [0.25, 0.3) is 0 Å². The van der Waals surface area contributed by atoms with Crippen LogP contribution in [0.15, 0.2) is 29.2 Å². The van der Waals surface area contributed by atoms with Gasteiger partial charge in [-0.05, 0) is 24.8 Å². The van der Waals surface area contributed by atoms with Crippen LogP contribution in [0.4, 0.5) is 0 Å². The predicted octanol–water partition coefficient (Wildman–Crippen LogP) is 3.21. The number of carbonyl (C=O) groups is 1. The Bertz CT molecular complexity index is 603. The van der Waals surface area contributed by atoms with Crippen LogP contribution in [0.2, 0.25) is 0 Å². The fourth-order valence-electron chi connectivity index (χ4n) is 2.12. The lowest BCUT2D eigenvalue weighted by Gasteiger charge is -2.05. The van der Waals surface area contributed by atoms with Gasteiger partial charge in [0.2, 0.25) is 0 Å². The Kier molecular flexibility index (Phi) is 3.95. The molecule has 1 aromatic heterocycles. The highest BCUT2D eigenvalue weighted by Gasteiger charge is 2.20. The summed E-state index contributed by atoms with van der Waals surface area (Å²) < 4.78 is 1.63. The Hall–Kier alpha value is -1.75. The van der Waals surface area contributed by atoms with Crippen molar-refractivity contribution < 1.29 is 9.90 Å². The standard InChI is InChI=1S/C14H16N2O2S/c1-4-19-11-7-5-10(6-8-11)13-12(14(17)18)9(2)15-16(13)3/h5-8H,4H2,1-3H3,(H,17,18). The average molecular weight is 276 g/mol. The summed E-state index contributed by atoms with van der Waals surface area (Å²) in [5.74, 6) is 0.0810.